The van der Waals surface area contributed by atoms with E-state index in [0.717, 1.165) is 25.2 Å². The van der Waals surface area contributed by atoms with E-state index in [4.69, 9.17) is 9.16 Å². The Labute approximate surface area is 171 Å². The summed E-state index contributed by atoms with van der Waals surface area (Å²) in [6.07, 6.45) is 2.07. The van der Waals surface area contributed by atoms with E-state index in [1.54, 1.807) is 0 Å². The van der Waals surface area contributed by atoms with E-state index in [1.807, 2.05) is 0 Å². The van der Waals surface area contributed by atoms with Crippen LogP contribution in [0.5, 0.6) is 0 Å². The molecule has 3 heteroatoms. The molecule has 1 fully saturated rings. The highest BCUT2D eigenvalue weighted by molar-refractivity contribution is 6.99. The lowest BCUT2D eigenvalue weighted by atomic mass is 9.80. The number of hydrogen-bond acceptors (Lipinski definition) is 2. The Hall–Kier alpha value is -1.84. The molecule has 2 nitrogen and oxygen atoms in total. The monoisotopic (exact) mass is 394 g/mol. The van der Waals surface area contributed by atoms with E-state index in [-0.39, 0.29) is 10.6 Å². The van der Waals surface area contributed by atoms with Crippen LogP contribution >= 0.6 is 0 Å². The van der Waals surface area contributed by atoms with Crippen LogP contribution in [-0.4, -0.2) is 20.5 Å². The van der Waals surface area contributed by atoms with E-state index in [1.165, 1.54) is 10.4 Å². The van der Waals surface area contributed by atoms with E-state index in [2.05, 4.69) is 102 Å². The fraction of sp³-hybridized carbons (Fsp3) is 0.440. The average molecular weight is 395 g/mol. The zero-order valence-corrected chi connectivity index (χ0v) is 19.0. The summed E-state index contributed by atoms with van der Waals surface area (Å²) < 4.78 is 12.7. The predicted octanol–water partition coefficient (Wildman–Crippen LogP) is 5.28. The Bertz CT molecular complexity index is 751. The van der Waals surface area contributed by atoms with Gasteiger partial charge in [-0.05, 0) is 42.1 Å². The summed E-state index contributed by atoms with van der Waals surface area (Å²) in [6, 6.07) is 21.7. The minimum atomic E-state index is -2.42. The molecular weight excluding hydrogens is 360 g/mol. The molecule has 0 saturated carbocycles. The Balaban J connectivity index is 1.85. The highest BCUT2D eigenvalue weighted by Crippen LogP contribution is 2.43. The number of benzene rings is 2. The van der Waals surface area contributed by atoms with Crippen molar-refractivity contribution in [2.75, 3.05) is 6.61 Å². The summed E-state index contributed by atoms with van der Waals surface area (Å²) in [4.78, 5) is 0. The lowest BCUT2D eigenvalue weighted by Crippen LogP contribution is -2.66. The molecule has 3 rings (SSSR count). The van der Waals surface area contributed by atoms with E-state index < -0.39 is 8.32 Å². The van der Waals surface area contributed by atoms with Gasteiger partial charge in [-0.1, -0.05) is 88.0 Å². The Morgan fingerprint density at radius 1 is 0.964 bits per heavy atom. The minimum absolute atomic E-state index is 0.0259. The Kier molecular flexibility index (Phi) is 5.88. The van der Waals surface area contributed by atoms with Gasteiger partial charge in [0.1, 0.15) is 5.60 Å². The van der Waals surface area contributed by atoms with Gasteiger partial charge < -0.3 is 9.16 Å². The predicted molar refractivity (Wildman–Crippen MR) is 121 cm³/mol. The molecule has 0 aromatic heterocycles. The van der Waals surface area contributed by atoms with E-state index >= 15 is 0 Å². The fourth-order valence-electron chi connectivity index (χ4n) is 4.59. The molecule has 1 atom stereocenters. The molecular formula is C25H34O2Si. The van der Waals surface area contributed by atoms with Gasteiger partial charge in [0.15, 0.2) is 0 Å². The molecule has 1 heterocycles. The van der Waals surface area contributed by atoms with Crippen LogP contribution in [0.3, 0.4) is 0 Å². The number of rotatable bonds is 7. The quantitative estimate of drug-likeness (QED) is 0.470. The summed E-state index contributed by atoms with van der Waals surface area (Å²) in [5.74, 6) is 1.35. The lowest BCUT2D eigenvalue weighted by molar-refractivity contribution is -0.120. The van der Waals surface area contributed by atoms with Crippen LogP contribution in [-0.2, 0) is 9.16 Å². The van der Waals surface area contributed by atoms with Gasteiger partial charge in [0.25, 0.3) is 8.32 Å². The van der Waals surface area contributed by atoms with Crippen LogP contribution in [0.25, 0.3) is 0 Å². The highest BCUT2D eigenvalue weighted by atomic mass is 28.4. The molecule has 2 aromatic carbocycles. The first kappa shape index (κ1) is 20.9. The first-order chi connectivity index (χ1) is 13.2. The van der Waals surface area contributed by atoms with Crippen molar-refractivity contribution in [2.24, 2.45) is 5.92 Å². The number of hydrogen-bond donors (Lipinski definition) is 0. The van der Waals surface area contributed by atoms with Crippen molar-refractivity contribution in [2.45, 2.75) is 58.1 Å². The average Bonchev–Trinajstić information content (AvgIpc) is 2.64. The molecule has 1 saturated heterocycles. The van der Waals surface area contributed by atoms with Crippen molar-refractivity contribution in [3.05, 3.63) is 73.0 Å². The van der Waals surface area contributed by atoms with E-state index in [9.17, 15) is 0 Å². The van der Waals surface area contributed by atoms with Gasteiger partial charge in [-0.25, -0.2) is 0 Å². The molecule has 150 valence electrons. The van der Waals surface area contributed by atoms with Crippen LogP contribution in [0, 0.1) is 5.92 Å². The third-order valence-electron chi connectivity index (χ3n) is 5.99. The van der Waals surface area contributed by atoms with Gasteiger partial charge in [0, 0.05) is 6.61 Å². The molecule has 0 spiro atoms. The van der Waals surface area contributed by atoms with Gasteiger partial charge >= 0.3 is 0 Å². The van der Waals surface area contributed by atoms with Crippen molar-refractivity contribution in [3.8, 4) is 0 Å². The van der Waals surface area contributed by atoms with Gasteiger partial charge in [0.2, 0.25) is 0 Å². The number of ether oxygens (including phenoxy) is 1. The molecule has 28 heavy (non-hydrogen) atoms. The first-order valence-corrected chi connectivity index (χ1v) is 12.2. The molecule has 0 radical (unpaired) electrons. The van der Waals surface area contributed by atoms with Gasteiger partial charge in [-0.15, -0.1) is 0 Å². The minimum Gasteiger partial charge on any atom is -0.492 e. The van der Waals surface area contributed by atoms with Crippen molar-refractivity contribution >= 4 is 18.7 Å². The smallest absolute Gasteiger partial charge is 0.261 e. The normalized spacial score (nSPS) is 19.0. The van der Waals surface area contributed by atoms with Crippen LogP contribution in [0.15, 0.2) is 73.0 Å². The van der Waals surface area contributed by atoms with Gasteiger partial charge in [-0.3, -0.25) is 0 Å². The summed E-state index contributed by atoms with van der Waals surface area (Å²) in [5, 5.41) is 2.70. The summed E-state index contributed by atoms with van der Waals surface area (Å²) in [6.45, 7) is 16.1. The van der Waals surface area contributed by atoms with Crippen molar-refractivity contribution in [3.63, 3.8) is 0 Å². The second-order valence-electron chi connectivity index (χ2n) is 9.38. The topological polar surface area (TPSA) is 18.5 Å². The third kappa shape index (κ3) is 3.83. The van der Waals surface area contributed by atoms with Crippen molar-refractivity contribution in [1.82, 2.24) is 0 Å². The molecule has 0 bridgehead atoms. The molecule has 0 aliphatic carbocycles. The van der Waals surface area contributed by atoms with Crippen molar-refractivity contribution < 1.29 is 9.16 Å². The zero-order valence-electron chi connectivity index (χ0n) is 18.0. The largest absolute Gasteiger partial charge is 0.492 e. The summed E-state index contributed by atoms with van der Waals surface area (Å²) in [7, 11) is -2.42. The fourth-order valence-corrected chi connectivity index (χ4v) is 9.20. The van der Waals surface area contributed by atoms with Gasteiger partial charge in [-0.2, -0.15) is 0 Å². The second-order valence-corrected chi connectivity index (χ2v) is 13.7. The Morgan fingerprint density at radius 3 is 1.86 bits per heavy atom. The highest BCUT2D eigenvalue weighted by Gasteiger charge is 2.50. The third-order valence-corrected chi connectivity index (χ3v) is 11.0. The standard InChI is InChI=1S/C25H34O2Si/c1-20-23(25(5,6)27-20)18-13-19-26-28(24(2,3)4,21-14-9-7-10-15-21)22-16-11-8-12-17-22/h7-12,14-17,23H,1,13,18-19H2,2-6H3. The van der Waals surface area contributed by atoms with Crippen LogP contribution in [0.4, 0.5) is 0 Å². The zero-order chi connectivity index (χ0) is 20.4. The summed E-state index contributed by atoms with van der Waals surface area (Å²) >= 11 is 0. The van der Waals surface area contributed by atoms with Crippen LogP contribution in [0.2, 0.25) is 5.04 Å². The Morgan fingerprint density at radius 2 is 1.46 bits per heavy atom. The molecule has 1 unspecified atom stereocenters. The maximum Gasteiger partial charge on any atom is 0.261 e. The summed E-state index contributed by atoms with van der Waals surface area (Å²) in [5.41, 5.74) is -0.0888. The molecule has 2 aromatic rings. The first-order valence-electron chi connectivity index (χ1n) is 10.3. The maximum absolute atomic E-state index is 6.96. The van der Waals surface area contributed by atoms with Crippen LogP contribution < -0.4 is 10.4 Å². The maximum atomic E-state index is 6.96. The molecule has 0 N–H and O–H groups in total. The lowest BCUT2D eigenvalue weighted by Gasteiger charge is -2.47. The SMILES string of the molecule is C=C1OC(C)(C)C1CCCO[Si](c1ccccc1)(c1ccccc1)C(C)(C)C. The molecule has 1 aliphatic heterocycles. The van der Waals surface area contributed by atoms with Gasteiger partial charge in [0.05, 0.1) is 11.7 Å². The molecule has 1 aliphatic rings. The second kappa shape index (κ2) is 7.88. The van der Waals surface area contributed by atoms with Crippen molar-refractivity contribution in [1.29, 1.82) is 0 Å². The van der Waals surface area contributed by atoms with E-state index in [0.29, 0.717) is 5.92 Å². The van der Waals surface area contributed by atoms with Crippen LogP contribution in [0.1, 0.15) is 47.5 Å². The molecule has 0 amide bonds.